The van der Waals surface area contributed by atoms with E-state index in [1.807, 2.05) is 31.2 Å². The molecule has 1 unspecified atom stereocenters. The first-order valence-corrected chi connectivity index (χ1v) is 4.67. The lowest BCUT2D eigenvalue weighted by atomic mass is 9.94. The molecule has 0 aliphatic carbocycles. The quantitative estimate of drug-likeness (QED) is 0.744. The van der Waals surface area contributed by atoms with Crippen molar-refractivity contribution in [2.45, 2.75) is 19.4 Å². The molecule has 2 rings (SSSR count). The van der Waals surface area contributed by atoms with E-state index in [-0.39, 0.29) is 11.9 Å². The fourth-order valence-electron chi connectivity index (χ4n) is 1.61. The number of nitrogens with two attached hydrogens (primary N) is 1. The molecule has 0 aromatic heterocycles. The molecule has 0 saturated heterocycles. The van der Waals surface area contributed by atoms with Gasteiger partial charge in [-0.25, -0.2) is 0 Å². The maximum absolute atomic E-state index is 11.6. The molecule has 15 heavy (non-hydrogen) atoms. The molecule has 0 radical (unpaired) electrons. The van der Waals surface area contributed by atoms with Crippen LogP contribution >= 0.6 is 0 Å². The van der Waals surface area contributed by atoms with Crippen molar-refractivity contribution in [1.29, 1.82) is 0 Å². The number of hydrogen-bond donors (Lipinski definition) is 1. The van der Waals surface area contributed by atoms with E-state index in [2.05, 4.69) is 4.99 Å². The standard InChI is InChI=1S/C11H12N2O2/c1-7-4-3-5-8(6-7)11(2)9(14)13-10(12)15-11/h3-6H,1-2H3,(H2,12,13,14). The molecule has 1 aromatic rings. The topological polar surface area (TPSA) is 64.7 Å². The number of hydrogen-bond acceptors (Lipinski definition) is 3. The van der Waals surface area contributed by atoms with E-state index in [9.17, 15) is 4.79 Å². The van der Waals surface area contributed by atoms with Crippen molar-refractivity contribution in [2.75, 3.05) is 0 Å². The van der Waals surface area contributed by atoms with E-state index < -0.39 is 5.60 Å². The highest BCUT2D eigenvalue weighted by molar-refractivity contribution is 6.01. The van der Waals surface area contributed by atoms with Gasteiger partial charge in [-0.1, -0.05) is 29.8 Å². The number of amidine groups is 1. The number of aliphatic imine (C=N–C) groups is 1. The maximum atomic E-state index is 11.6. The van der Waals surface area contributed by atoms with Gasteiger partial charge in [-0.15, -0.1) is 0 Å². The molecule has 0 fully saturated rings. The van der Waals surface area contributed by atoms with Crippen LogP contribution < -0.4 is 5.73 Å². The molecule has 1 heterocycles. The Kier molecular flexibility index (Phi) is 2.00. The average Bonchev–Trinajstić information content (AvgIpc) is 2.42. The molecule has 0 spiro atoms. The minimum Gasteiger partial charge on any atom is -0.444 e. The number of rotatable bonds is 1. The molecule has 1 aliphatic rings. The Hall–Kier alpha value is -1.84. The van der Waals surface area contributed by atoms with Crippen molar-refractivity contribution in [1.82, 2.24) is 0 Å². The van der Waals surface area contributed by atoms with Gasteiger partial charge < -0.3 is 10.5 Å². The number of carbonyl (C=O) groups is 1. The van der Waals surface area contributed by atoms with Gasteiger partial charge in [0.15, 0.2) is 0 Å². The highest BCUT2D eigenvalue weighted by Crippen LogP contribution is 2.30. The van der Waals surface area contributed by atoms with E-state index >= 15 is 0 Å². The van der Waals surface area contributed by atoms with E-state index in [0.29, 0.717) is 0 Å². The van der Waals surface area contributed by atoms with E-state index in [0.717, 1.165) is 11.1 Å². The highest BCUT2D eigenvalue weighted by atomic mass is 16.5. The summed E-state index contributed by atoms with van der Waals surface area (Å²) in [6.45, 7) is 3.63. The van der Waals surface area contributed by atoms with Gasteiger partial charge in [0.2, 0.25) is 5.60 Å². The molecule has 0 saturated carbocycles. The number of benzene rings is 1. The molecule has 2 N–H and O–H groups in total. The van der Waals surface area contributed by atoms with Crippen LogP contribution in [-0.2, 0) is 15.1 Å². The minimum absolute atomic E-state index is 0.0657. The summed E-state index contributed by atoms with van der Waals surface area (Å²) >= 11 is 0. The highest BCUT2D eigenvalue weighted by Gasteiger charge is 2.43. The molecular weight excluding hydrogens is 192 g/mol. The Bertz CT molecular complexity index is 454. The van der Waals surface area contributed by atoms with Gasteiger partial charge in [0.05, 0.1) is 0 Å². The van der Waals surface area contributed by atoms with E-state index in [4.69, 9.17) is 10.5 Å². The molecule has 4 nitrogen and oxygen atoms in total. The van der Waals surface area contributed by atoms with Crippen LogP contribution in [0, 0.1) is 6.92 Å². The molecule has 0 bridgehead atoms. The molecule has 1 atom stereocenters. The summed E-state index contributed by atoms with van der Waals surface area (Å²) in [5.74, 6) is -0.356. The lowest BCUT2D eigenvalue weighted by Gasteiger charge is -2.21. The molecule has 1 amide bonds. The first-order valence-electron chi connectivity index (χ1n) is 4.67. The van der Waals surface area contributed by atoms with Crippen molar-refractivity contribution in [3.63, 3.8) is 0 Å². The van der Waals surface area contributed by atoms with Crippen molar-refractivity contribution in [3.05, 3.63) is 35.4 Å². The van der Waals surface area contributed by atoms with Crippen LogP contribution in [0.3, 0.4) is 0 Å². The second-order valence-electron chi connectivity index (χ2n) is 3.76. The Morgan fingerprint density at radius 2 is 2.20 bits per heavy atom. The third-order valence-corrected chi connectivity index (χ3v) is 2.50. The van der Waals surface area contributed by atoms with Crippen LogP contribution in [0.25, 0.3) is 0 Å². The monoisotopic (exact) mass is 204 g/mol. The van der Waals surface area contributed by atoms with Crippen LogP contribution in [0.1, 0.15) is 18.1 Å². The van der Waals surface area contributed by atoms with Crippen molar-refractivity contribution in [2.24, 2.45) is 10.7 Å². The largest absolute Gasteiger partial charge is 0.444 e. The van der Waals surface area contributed by atoms with Crippen LogP contribution in [0.2, 0.25) is 0 Å². The Morgan fingerprint density at radius 3 is 2.73 bits per heavy atom. The van der Waals surface area contributed by atoms with Crippen molar-refractivity contribution < 1.29 is 9.53 Å². The number of aryl methyl sites for hydroxylation is 1. The fourth-order valence-corrected chi connectivity index (χ4v) is 1.61. The molecule has 4 heteroatoms. The van der Waals surface area contributed by atoms with Crippen molar-refractivity contribution in [3.8, 4) is 0 Å². The second-order valence-corrected chi connectivity index (χ2v) is 3.76. The molecular formula is C11H12N2O2. The summed E-state index contributed by atoms with van der Waals surface area (Å²) in [7, 11) is 0. The normalized spacial score (nSPS) is 24.9. The van der Waals surface area contributed by atoms with Crippen LogP contribution in [0.5, 0.6) is 0 Å². The first-order chi connectivity index (χ1) is 7.02. The lowest BCUT2D eigenvalue weighted by Crippen LogP contribution is -2.31. The lowest BCUT2D eigenvalue weighted by molar-refractivity contribution is -0.130. The number of carbonyl (C=O) groups excluding carboxylic acids is 1. The Labute approximate surface area is 87.8 Å². The minimum atomic E-state index is -1.06. The van der Waals surface area contributed by atoms with Gasteiger partial charge in [0.25, 0.3) is 11.9 Å². The zero-order valence-electron chi connectivity index (χ0n) is 8.65. The summed E-state index contributed by atoms with van der Waals surface area (Å²) < 4.78 is 5.28. The van der Waals surface area contributed by atoms with E-state index in [1.165, 1.54) is 0 Å². The fraction of sp³-hybridized carbons (Fsp3) is 0.273. The van der Waals surface area contributed by atoms with Crippen LogP contribution in [0.15, 0.2) is 29.3 Å². The number of amides is 1. The number of nitrogens with zero attached hydrogens (tertiary/aromatic N) is 1. The molecule has 78 valence electrons. The summed E-state index contributed by atoms with van der Waals surface area (Å²) in [4.78, 5) is 15.2. The van der Waals surface area contributed by atoms with Gasteiger partial charge in [-0.05, 0) is 13.8 Å². The second kappa shape index (κ2) is 3.08. The van der Waals surface area contributed by atoms with Gasteiger partial charge in [-0.2, -0.15) is 4.99 Å². The third-order valence-electron chi connectivity index (χ3n) is 2.50. The first kappa shape index (κ1) is 9.71. The van der Waals surface area contributed by atoms with Crippen LogP contribution in [-0.4, -0.2) is 11.9 Å². The predicted molar refractivity (Wildman–Crippen MR) is 56.2 cm³/mol. The van der Waals surface area contributed by atoms with E-state index in [1.54, 1.807) is 6.92 Å². The third kappa shape index (κ3) is 1.48. The molecule has 1 aromatic carbocycles. The van der Waals surface area contributed by atoms with Gasteiger partial charge in [-0.3, -0.25) is 4.79 Å². The average molecular weight is 204 g/mol. The zero-order chi connectivity index (χ0) is 11.1. The predicted octanol–water partition coefficient (Wildman–Crippen LogP) is 1.08. The Morgan fingerprint density at radius 1 is 1.47 bits per heavy atom. The maximum Gasteiger partial charge on any atom is 0.298 e. The SMILES string of the molecule is Cc1cccc(C2(C)OC(N)=NC2=O)c1. The number of ether oxygens (including phenoxy) is 1. The summed E-state index contributed by atoms with van der Waals surface area (Å²) in [6.07, 6.45) is 0. The summed E-state index contributed by atoms with van der Waals surface area (Å²) in [6, 6.07) is 7.49. The van der Waals surface area contributed by atoms with Gasteiger partial charge in [0.1, 0.15) is 0 Å². The zero-order valence-corrected chi connectivity index (χ0v) is 8.65. The van der Waals surface area contributed by atoms with Gasteiger partial charge >= 0.3 is 0 Å². The van der Waals surface area contributed by atoms with Crippen molar-refractivity contribution >= 4 is 11.9 Å². The smallest absolute Gasteiger partial charge is 0.298 e. The van der Waals surface area contributed by atoms with Crippen LogP contribution in [0.4, 0.5) is 0 Å². The summed E-state index contributed by atoms with van der Waals surface area (Å²) in [5, 5.41) is 0. The van der Waals surface area contributed by atoms with Gasteiger partial charge in [0, 0.05) is 5.56 Å². The molecule has 1 aliphatic heterocycles. The Balaban J connectivity index is 2.44. The summed E-state index contributed by atoms with van der Waals surface area (Å²) in [5.41, 5.74) is 6.16.